The fraction of sp³-hybridized carbons (Fsp3) is 0.529. The van der Waals surface area contributed by atoms with Crippen LogP contribution in [-0.2, 0) is 9.59 Å². The monoisotopic (exact) mass is 339 g/mol. The molecule has 1 fully saturated rings. The largest absolute Gasteiger partial charge is 0.481 e. The minimum Gasteiger partial charge on any atom is -0.481 e. The molecule has 0 unspecified atom stereocenters. The number of halogens is 1. The molecule has 0 spiro atoms. The number of carbonyl (C=O) groups is 2. The molecule has 6 heteroatoms. The Hall–Kier alpha value is -1.75. The van der Waals surface area contributed by atoms with Gasteiger partial charge in [-0.2, -0.15) is 0 Å². The van der Waals surface area contributed by atoms with E-state index in [0.29, 0.717) is 30.3 Å². The van der Waals surface area contributed by atoms with Crippen molar-refractivity contribution in [2.45, 2.75) is 38.7 Å². The Morgan fingerprint density at radius 2 is 2.17 bits per heavy atom. The fourth-order valence-corrected chi connectivity index (χ4v) is 3.05. The third-order valence-electron chi connectivity index (χ3n) is 4.09. The van der Waals surface area contributed by atoms with Crippen LogP contribution >= 0.6 is 11.6 Å². The van der Waals surface area contributed by atoms with E-state index < -0.39 is 12.1 Å². The third kappa shape index (κ3) is 5.13. The predicted octanol–water partition coefficient (Wildman–Crippen LogP) is 3.21. The smallest absolute Gasteiger partial charge is 0.303 e. The van der Waals surface area contributed by atoms with Crippen LogP contribution in [0.3, 0.4) is 0 Å². The molecule has 1 aliphatic heterocycles. The van der Waals surface area contributed by atoms with E-state index in [1.807, 2.05) is 0 Å². The van der Waals surface area contributed by atoms with Crippen molar-refractivity contribution in [3.8, 4) is 5.75 Å². The minimum atomic E-state index is -0.788. The molecule has 1 aromatic carbocycles. The molecule has 2 rings (SSSR count). The molecular weight excluding hydrogens is 318 g/mol. The van der Waals surface area contributed by atoms with Crippen molar-refractivity contribution < 1.29 is 19.4 Å². The Morgan fingerprint density at radius 1 is 1.43 bits per heavy atom. The van der Waals surface area contributed by atoms with Gasteiger partial charge < -0.3 is 14.7 Å². The van der Waals surface area contributed by atoms with Gasteiger partial charge >= 0.3 is 5.97 Å². The first kappa shape index (κ1) is 17.6. The first-order chi connectivity index (χ1) is 11.0. The van der Waals surface area contributed by atoms with Crippen molar-refractivity contribution in [2.75, 3.05) is 13.1 Å². The second-order valence-electron chi connectivity index (χ2n) is 5.92. The molecule has 0 radical (unpaired) electrons. The number of hydrogen-bond acceptors (Lipinski definition) is 3. The zero-order valence-corrected chi connectivity index (χ0v) is 14.0. The Morgan fingerprint density at radius 3 is 2.87 bits per heavy atom. The highest BCUT2D eigenvalue weighted by molar-refractivity contribution is 6.32. The zero-order chi connectivity index (χ0) is 16.8. The van der Waals surface area contributed by atoms with Gasteiger partial charge in [0, 0.05) is 19.5 Å². The van der Waals surface area contributed by atoms with E-state index in [2.05, 4.69) is 0 Å². The van der Waals surface area contributed by atoms with Gasteiger partial charge in [-0.05, 0) is 44.2 Å². The highest BCUT2D eigenvalue weighted by atomic mass is 35.5. The van der Waals surface area contributed by atoms with E-state index in [1.165, 1.54) is 0 Å². The van der Waals surface area contributed by atoms with Crippen LogP contribution < -0.4 is 4.74 Å². The molecule has 23 heavy (non-hydrogen) atoms. The number of nitrogens with zero attached hydrogens (tertiary/aromatic N) is 1. The van der Waals surface area contributed by atoms with Gasteiger partial charge in [-0.25, -0.2) is 0 Å². The number of hydrogen-bond donors (Lipinski definition) is 1. The molecule has 1 amide bonds. The summed E-state index contributed by atoms with van der Waals surface area (Å²) in [7, 11) is 0. The van der Waals surface area contributed by atoms with Crippen LogP contribution in [0.2, 0.25) is 5.02 Å². The Labute approximate surface area is 141 Å². The number of para-hydroxylation sites is 1. The lowest BCUT2D eigenvalue weighted by Gasteiger charge is -2.34. The standard InChI is InChI=1S/C17H22ClNO4/c1-12(23-15-7-3-2-6-14(15)18)17(22)19-10-4-5-13(11-19)8-9-16(20)21/h2-3,6-7,12-13H,4-5,8-11H2,1H3,(H,20,21)/t12-,13-/m0/s1. The number of benzene rings is 1. The average Bonchev–Trinajstić information content (AvgIpc) is 2.54. The van der Waals surface area contributed by atoms with Crippen LogP contribution in [0.4, 0.5) is 0 Å². The van der Waals surface area contributed by atoms with Crippen LogP contribution in [0, 0.1) is 5.92 Å². The van der Waals surface area contributed by atoms with E-state index in [0.717, 1.165) is 12.8 Å². The summed E-state index contributed by atoms with van der Waals surface area (Å²) in [5.74, 6) is -0.125. The number of aliphatic carboxylic acids is 1. The number of carboxylic acids is 1. The van der Waals surface area contributed by atoms with Gasteiger partial charge in [-0.3, -0.25) is 9.59 Å². The number of amides is 1. The van der Waals surface area contributed by atoms with Gasteiger partial charge in [-0.15, -0.1) is 0 Å². The van der Waals surface area contributed by atoms with E-state index in [-0.39, 0.29) is 18.2 Å². The van der Waals surface area contributed by atoms with Gasteiger partial charge in [0.15, 0.2) is 6.10 Å². The van der Waals surface area contributed by atoms with Crippen molar-refractivity contribution in [1.82, 2.24) is 4.90 Å². The van der Waals surface area contributed by atoms with Gasteiger partial charge in [-0.1, -0.05) is 23.7 Å². The fourth-order valence-electron chi connectivity index (χ4n) is 2.87. The second kappa shape index (κ2) is 8.20. The lowest BCUT2D eigenvalue weighted by atomic mass is 9.93. The quantitative estimate of drug-likeness (QED) is 0.864. The average molecular weight is 340 g/mol. The van der Waals surface area contributed by atoms with Crippen LogP contribution in [0.5, 0.6) is 5.75 Å². The molecule has 0 saturated carbocycles. The van der Waals surface area contributed by atoms with E-state index >= 15 is 0 Å². The summed E-state index contributed by atoms with van der Waals surface area (Å²) in [4.78, 5) is 25.0. The molecule has 1 aromatic rings. The number of likely N-dealkylation sites (tertiary alicyclic amines) is 1. The summed E-state index contributed by atoms with van der Waals surface area (Å²) in [5, 5.41) is 9.26. The summed E-state index contributed by atoms with van der Waals surface area (Å²) >= 11 is 6.05. The van der Waals surface area contributed by atoms with Gasteiger partial charge in [0.2, 0.25) is 0 Å². The van der Waals surface area contributed by atoms with E-state index in [4.69, 9.17) is 21.4 Å². The molecule has 2 atom stereocenters. The maximum atomic E-state index is 12.5. The van der Waals surface area contributed by atoms with Crippen molar-refractivity contribution in [1.29, 1.82) is 0 Å². The summed E-state index contributed by atoms with van der Waals surface area (Å²) in [5.41, 5.74) is 0. The third-order valence-corrected chi connectivity index (χ3v) is 4.40. The van der Waals surface area contributed by atoms with Gasteiger partial charge in [0.1, 0.15) is 5.75 Å². The number of ether oxygens (including phenoxy) is 1. The SMILES string of the molecule is C[C@H](Oc1ccccc1Cl)C(=O)N1CCC[C@@H](CCC(=O)O)C1. The molecule has 0 aliphatic carbocycles. The highest BCUT2D eigenvalue weighted by Gasteiger charge is 2.28. The lowest BCUT2D eigenvalue weighted by Crippen LogP contribution is -2.45. The van der Waals surface area contributed by atoms with Crippen LogP contribution in [0.25, 0.3) is 0 Å². The molecule has 1 N–H and O–H groups in total. The molecule has 1 heterocycles. The Bertz CT molecular complexity index is 563. The molecular formula is C17H22ClNO4. The van der Waals surface area contributed by atoms with Crippen molar-refractivity contribution in [2.24, 2.45) is 5.92 Å². The molecule has 1 saturated heterocycles. The number of rotatable bonds is 6. The van der Waals surface area contributed by atoms with Crippen LogP contribution in [0.1, 0.15) is 32.6 Å². The second-order valence-corrected chi connectivity index (χ2v) is 6.32. The number of piperidine rings is 1. The van der Waals surface area contributed by atoms with Crippen molar-refractivity contribution in [3.05, 3.63) is 29.3 Å². The van der Waals surface area contributed by atoms with Crippen molar-refractivity contribution in [3.63, 3.8) is 0 Å². The normalized spacial score (nSPS) is 19.2. The number of carboxylic acid groups (broad SMARTS) is 1. The summed E-state index contributed by atoms with van der Waals surface area (Å²) in [6.45, 7) is 3.01. The number of carbonyl (C=O) groups excluding carboxylic acids is 1. The molecule has 0 bridgehead atoms. The van der Waals surface area contributed by atoms with E-state index in [1.54, 1.807) is 36.1 Å². The van der Waals surface area contributed by atoms with Gasteiger partial charge in [0.25, 0.3) is 5.91 Å². The molecule has 1 aliphatic rings. The first-order valence-corrected chi connectivity index (χ1v) is 8.27. The van der Waals surface area contributed by atoms with Crippen molar-refractivity contribution >= 4 is 23.5 Å². The molecule has 5 nitrogen and oxygen atoms in total. The first-order valence-electron chi connectivity index (χ1n) is 7.89. The Balaban J connectivity index is 1.91. The van der Waals surface area contributed by atoms with Crippen LogP contribution in [-0.4, -0.2) is 41.1 Å². The molecule has 0 aromatic heterocycles. The maximum Gasteiger partial charge on any atom is 0.303 e. The lowest BCUT2D eigenvalue weighted by molar-refractivity contribution is -0.140. The summed E-state index contributed by atoms with van der Waals surface area (Å²) in [6, 6.07) is 7.06. The zero-order valence-electron chi connectivity index (χ0n) is 13.2. The van der Waals surface area contributed by atoms with Gasteiger partial charge in [0.05, 0.1) is 5.02 Å². The predicted molar refractivity (Wildman–Crippen MR) is 87.7 cm³/mol. The molecule has 126 valence electrons. The van der Waals surface area contributed by atoms with Crippen LogP contribution in [0.15, 0.2) is 24.3 Å². The van der Waals surface area contributed by atoms with E-state index in [9.17, 15) is 9.59 Å². The maximum absolute atomic E-state index is 12.5. The topological polar surface area (TPSA) is 66.8 Å². The minimum absolute atomic E-state index is 0.0788. The summed E-state index contributed by atoms with van der Waals surface area (Å²) in [6.07, 6.45) is 2.01. The highest BCUT2D eigenvalue weighted by Crippen LogP contribution is 2.26. The Kier molecular flexibility index (Phi) is 6.28. The summed E-state index contributed by atoms with van der Waals surface area (Å²) < 4.78 is 5.68.